The lowest BCUT2D eigenvalue weighted by molar-refractivity contribution is 0.169. The highest BCUT2D eigenvalue weighted by Crippen LogP contribution is 2.12. The van der Waals surface area contributed by atoms with Crippen LogP contribution in [0.5, 0.6) is 0 Å². The van der Waals surface area contributed by atoms with E-state index in [1.807, 2.05) is 60.7 Å². The van der Waals surface area contributed by atoms with Gasteiger partial charge in [-0.3, -0.25) is 0 Å². The van der Waals surface area contributed by atoms with Crippen molar-refractivity contribution >= 4 is 6.09 Å². The normalized spacial score (nSPS) is 10.8. The molecule has 1 amide bonds. The third-order valence-corrected chi connectivity index (χ3v) is 2.72. The lowest BCUT2D eigenvalue weighted by atomic mass is 10.1. The predicted molar refractivity (Wildman–Crippen MR) is 78.0 cm³/mol. The molecule has 1 atom stereocenters. The molecule has 1 N–H and O–H groups in total. The van der Waals surface area contributed by atoms with E-state index < -0.39 is 12.1 Å². The van der Waals surface area contributed by atoms with Crippen LogP contribution < -0.4 is 5.32 Å². The van der Waals surface area contributed by atoms with Crippen molar-refractivity contribution in [3.8, 4) is 11.8 Å². The van der Waals surface area contributed by atoms with E-state index in [1.165, 1.54) is 7.11 Å². The van der Waals surface area contributed by atoms with Crippen LogP contribution in [0.25, 0.3) is 0 Å². The summed E-state index contributed by atoms with van der Waals surface area (Å²) in [6, 6.07) is 18.8. The first-order chi connectivity index (χ1) is 9.79. The summed E-state index contributed by atoms with van der Waals surface area (Å²) in [6.07, 6.45) is -0.499. The van der Waals surface area contributed by atoms with Gasteiger partial charge in [-0.15, -0.1) is 0 Å². The van der Waals surface area contributed by atoms with E-state index in [9.17, 15) is 4.79 Å². The lowest BCUT2D eigenvalue weighted by Gasteiger charge is -2.12. The number of ether oxygens (including phenoxy) is 1. The van der Waals surface area contributed by atoms with Gasteiger partial charge in [-0.25, -0.2) is 4.79 Å². The van der Waals surface area contributed by atoms with Crippen molar-refractivity contribution in [1.82, 2.24) is 5.32 Å². The first-order valence-electron chi connectivity index (χ1n) is 6.25. The van der Waals surface area contributed by atoms with Crippen molar-refractivity contribution in [2.45, 2.75) is 6.04 Å². The molecule has 0 fully saturated rings. The predicted octanol–water partition coefficient (Wildman–Crippen LogP) is 3.14. The first kappa shape index (κ1) is 13.7. The third kappa shape index (κ3) is 3.89. The van der Waals surface area contributed by atoms with Gasteiger partial charge in [0, 0.05) is 5.56 Å². The molecular formula is C17H15NO2. The van der Waals surface area contributed by atoms with E-state index in [0.29, 0.717) is 0 Å². The zero-order valence-corrected chi connectivity index (χ0v) is 11.2. The molecule has 0 aliphatic carbocycles. The van der Waals surface area contributed by atoms with E-state index >= 15 is 0 Å². The molecule has 0 radical (unpaired) electrons. The number of methoxy groups -OCH3 is 1. The fraction of sp³-hybridized carbons (Fsp3) is 0.118. The van der Waals surface area contributed by atoms with E-state index in [2.05, 4.69) is 21.9 Å². The molecule has 2 rings (SSSR count). The highest BCUT2D eigenvalue weighted by atomic mass is 16.5. The second-order valence-corrected chi connectivity index (χ2v) is 4.11. The molecule has 2 aromatic rings. The number of nitrogens with one attached hydrogen (secondary N) is 1. The quantitative estimate of drug-likeness (QED) is 0.847. The summed E-state index contributed by atoms with van der Waals surface area (Å²) in [4.78, 5) is 11.4. The fourth-order valence-corrected chi connectivity index (χ4v) is 1.70. The number of carbonyl (C=O) groups is 1. The minimum atomic E-state index is -0.499. The summed E-state index contributed by atoms with van der Waals surface area (Å²) in [5.74, 6) is 6.11. The summed E-state index contributed by atoms with van der Waals surface area (Å²) >= 11 is 0. The average molecular weight is 265 g/mol. The van der Waals surface area contributed by atoms with Crippen LogP contribution in [-0.2, 0) is 4.74 Å². The monoisotopic (exact) mass is 265 g/mol. The Morgan fingerprint density at radius 3 is 2.25 bits per heavy atom. The zero-order chi connectivity index (χ0) is 14.2. The van der Waals surface area contributed by atoms with Crippen LogP contribution >= 0.6 is 0 Å². The van der Waals surface area contributed by atoms with Crippen LogP contribution in [-0.4, -0.2) is 13.2 Å². The Kier molecular flexibility index (Phi) is 4.80. The molecule has 1 unspecified atom stereocenters. The van der Waals surface area contributed by atoms with E-state index in [1.54, 1.807) is 0 Å². The smallest absolute Gasteiger partial charge is 0.408 e. The van der Waals surface area contributed by atoms with Crippen molar-refractivity contribution in [1.29, 1.82) is 0 Å². The minimum absolute atomic E-state index is 0.399. The molecular weight excluding hydrogens is 250 g/mol. The molecule has 20 heavy (non-hydrogen) atoms. The standard InChI is InChI=1S/C17H15NO2/c1-20-17(19)18-16(15-10-6-3-7-11-15)13-12-14-8-4-2-5-9-14/h2-11,16H,1H3,(H,18,19). The SMILES string of the molecule is COC(=O)NC(C#Cc1ccccc1)c1ccccc1. The molecule has 0 saturated heterocycles. The number of hydrogen-bond acceptors (Lipinski definition) is 2. The van der Waals surface area contributed by atoms with Crippen LogP contribution in [0.15, 0.2) is 60.7 Å². The Morgan fingerprint density at radius 2 is 1.65 bits per heavy atom. The van der Waals surface area contributed by atoms with E-state index in [0.717, 1.165) is 11.1 Å². The van der Waals surface area contributed by atoms with Gasteiger partial charge in [-0.2, -0.15) is 0 Å². The number of carbonyl (C=O) groups excluding carboxylic acids is 1. The van der Waals surface area contributed by atoms with Gasteiger partial charge >= 0.3 is 6.09 Å². The van der Waals surface area contributed by atoms with Crippen molar-refractivity contribution in [3.05, 3.63) is 71.8 Å². The van der Waals surface area contributed by atoms with Gasteiger partial charge in [0.25, 0.3) is 0 Å². The van der Waals surface area contributed by atoms with Crippen LogP contribution in [0, 0.1) is 11.8 Å². The molecule has 0 aliphatic rings. The summed E-state index contributed by atoms with van der Waals surface area (Å²) < 4.78 is 4.64. The number of hydrogen-bond donors (Lipinski definition) is 1. The molecule has 3 nitrogen and oxygen atoms in total. The van der Waals surface area contributed by atoms with Gasteiger partial charge in [0.2, 0.25) is 0 Å². The Hall–Kier alpha value is -2.73. The zero-order valence-electron chi connectivity index (χ0n) is 11.2. The maximum atomic E-state index is 11.4. The Balaban J connectivity index is 2.24. The van der Waals surface area contributed by atoms with Crippen molar-refractivity contribution in [2.24, 2.45) is 0 Å². The maximum Gasteiger partial charge on any atom is 0.408 e. The molecule has 0 saturated carbocycles. The van der Waals surface area contributed by atoms with Gasteiger partial charge in [0.05, 0.1) is 7.11 Å². The number of alkyl carbamates (subject to hydrolysis) is 1. The maximum absolute atomic E-state index is 11.4. The topological polar surface area (TPSA) is 38.3 Å². The molecule has 2 aromatic carbocycles. The van der Waals surface area contributed by atoms with Crippen molar-refractivity contribution < 1.29 is 9.53 Å². The van der Waals surface area contributed by atoms with Crippen molar-refractivity contribution in [2.75, 3.05) is 7.11 Å². The summed E-state index contributed by atoms with van der Waals surface area (Å²) in [7, 11) is 1.34. The second-order valence-electron chi connectivity index (χ2n) is 4.11. The Labute approximate surface area is 118 Å². The van der Waals surface area contributed by atoms with Gasteiger partial charge < -0.3 is 10.1 Å². The highest BCUT2D eigenvalue weighted by Gasteiger charge is 2.11. The summed E-state index contributed by atoms with van der Waals surface area (Å²) in [6.45, 7) is 0. The summed E-state index contributed by atoms with van der Waals surface area (Å²) in [5.41, 5.74) is 1.82. The first-order valence-corrected chi connectivity index (χ1v) is 6.25. The number of amides is 1. The van der Waals surface area contributed by atoms with Gasteiger partial charge in [-0.05, 0) is 17.7 Å². The molecule has 100 valence electrons. The van der Waals surface area contributed by atoms with E-state index in [-0.39, 0.29) is 0 Å². The second kappa shape index (κ2) is 7.01. The highest BCUT2D eigenvalue weighted by molar-refractivity contribution is 5.68. The molecule has 0 spiro atoms. The van der Waals surface area contributed by atoms with Crippen LogP contribution in [0.4, 0.5) is 4.79 Å². The molecule has 0 aliphatic heterocycles. The largest absolute Gasteiger partial charge is 0.453 e. The van der Waals surface area contributed by atoms with Crippen molar-refractivity contribution in [3.63, 3.8) is 0 Å². The molecule has 0 aromatic heterocycles. The third-order valence-electron chi connectivity index (χ3n) is 2.72. The lowest BCUT2D eigenvalue weighted by Crippen LogP contribution is -2.27. The number of benzene rings is 2. The molecule has 0 heterocycles. The van der Waals surface area contributed by atoms with E-state index in [4.69, 9.17) is 0 Å². The van der Waals surface area contributed by atoms with Gasteiger partial charge in [0.15, 0.2) is 0 Å². The molecule has 0 bridgehead atoms. The Morgan fingerprint density at radius 1 is 1.05 bits per heavy atom. The van der Waals surface area contributed by atoms with Crippen LogP contribution in [0.3, 0.4) is 0 Å². The average Bonchev–Trinajstić information content (AvgIpc) is 2.53. The van der Waals surface area contributed by atoms with Crippen LogP contribution in [0.2, 0.25) is 0 Å². The molecule has 3 heteroatoms. The van der Waals surface area contributed by atoms with Crippen LogP contribution in [0.1, 0.15) is 17.2 Å². The number of rotatable bonds is 2. The minimum Gasteiger partial charge on any atom is -0.453 e. The van der Waals surface area contributed by atoms with Gasteiger partial charge in [0.1, 0.15) is 6.04 Å². The Bertz CT molecular complexity index is 612. The van der Waals surface area contributed by atoms with Gasteiger partial charge in [-0.1, -0.05) is 60.4 Å². The fourth-order valence-electron chi connectivity index (χ4n) is 1.70. The summed E-state index contributed by atoms with van der Waals surface area (Å²) in [5, 5.41) is 2.72.